The smallest absolute Gasteiger partial charge is 0.140 e. The molecule has 0 aliphatic carbocycles. The van der Waals surface area contributed by atoms with Crippen LogP contribution < -0.4 is 0 Å². The molecule has 66 valence electrons. The Labute approximate surface area is 67.0 Å². The molecular weight excluding hydrogens is 145 g/mol. The first-order valence-electron chi connectivity index (χ1n) is 3.98. The molecule has 1 aliphatic heterocycles. The van der Waals surface area contributed by atoms with Gasteiger partial charge in [0.1, 0.15) is 6.17 Å². The van der Waals surface area contributed by atoms with Crippen LogP contribution in [0.1, 0.15) is 20.8 Å². The van der Waals surface area contributed by atoms with Gasteiger partial charge in [-0.15, -0.1) is 0 Å². The van der Waals surface area contributed by atoms with Crippen molar-refractivity contribution in [3.8, 4) is 0 Å². The van der Waals surface area contributed by atoms with Crippen molar-refractivity contribution in [3.05, 3.63) is 0 Å². The number of aliphatic hydroxyl groups excluding tert-OH is 1. The van der Waals surface area contributed by atoms with E-state index in [2.05, 4.69) is 0 Å². The Morgan fingerprint density at radius 3 is 2.09 bits per heavy atom. The molecule has 11 heavy (non-hydrogen) atoms. The van der Waals surface area contributed by atoms with Crippen LogP contribution in [-0.2, 0) is 0 Å². The molecule has 0 radical (unpaired) electrons. The second-order valence-corrected chi connectivity index (χ2v) is 4.16. The highest BCUT2D eigenvalue weighted by Gasteiger charge is 2.36. The van der Waals surface area contributed by atoms with Crippen molar-refractivity contribution in [2.45, 2.75) is 38.6 Å². The first-order chi connectivity index (χ1) is 4.91. The third-order valence-electron chi connectivity index (χ3n) is 2.17. The largest absolute Gasteiger partial charge is 0.389 e. The fraction of sp³-hybridized carbons (Fsp3) is 1.00. The fourth-order valence-corrected chi connectivity index (χ4v) is 1.29. The van der Waals surface area contributed by atoms with Crippen LogP contribution in [0, 0.1) is 0 Å². The lowest BCUT2D eigenvalue weighted by atomic mass is 10.1. The van der Waals surface area contributed by atoms with Crippen molar-refractivity contribution in [2.75, 3.05) is 13.1 Å². The highest BCUT2D eigenvalue weighted by atomic mass is 19.1. The summed E-state index contributed by atoms with van der Waals surface area (Å²) in [6, 6.07) is 0. The molecule has 1 N–H and O–H groups in total. The average molecular weight is 161 g/mol. The van der Waals surface area contributed by atoms with Crippen molar-refractivity contribution in [3.63, 3.8) is 0 Å². The van der Waals surface area contributed by atoms with E-state index in [1.54, 1.807) is 0 Å². The van der Waals surface area contributed by atoms with Gasteiger partial charge >= 0.3 is 0 Å². The number of hydrogen-bond acceptors (Lipinski definition) is 2. The van der Waals surface area contributed by atoms with E-state index in [1.807, 2.05) is 25.7 Å². The first kappa shape index (κ1) is 8.94. The fourth-order valence-electron chi connectivity index (χ4n) is 1.29. The molecule has 1 fully saturated rings. The summed E-state index contributed by atoms with van der Waals surface area (Å²) in [5, 5.41) is 9.11. The summed E-state index contributed by atoms with van der Waals surface area (Å²) in [5.74, 6) is 0. The standard InChI is InChI=1S/C8H16FNO/c1-8(2,3)10-4-6(9)7(11)5-10/h6-7,11H,4-5H2,1-3H3/t6-,7+/m0/s1. The van der Waals surface area contributed by atoms with Gasteiger partial charge in [0, 0.05) is 18.6 Å². The van der Waals surface area contributed by atoms with Gasteiger partial charge in [0.15, 0.2) is 0 Å². The maximum Gasteiger partial charge on any atom is 0.140 e. The molecule has 0 aromatic rings. The van der Waals surface area contributed by atoms with E-state index < -0.39 is 12.3 Å². The third kappa shape index (κ3) is 1.91. The minimum atomic E-state index is -1.06. The quantitative estimate of drug-likeness (QED) is 0.568. The molecule has 2 atom stereocenters. The summed E-state index contributed by atoms with van der Waals surface area (Å²) in [6.45, 7) is 6.91. The van der Waals surface area contributed by atoms with Crippen LogP contribution in [-0.4, -0.2) is 40.9 Å². The maximum absolute atomic E-state index is 12.8. The molecule has 0 bridgehead atoms. The Bertz CT molecular complexity index is 134. The number of β-amino-alcohol motifs (C(OH)–C–C–N with tert-alkyl or cyclic N) is 1. The van der Waals surface area contributed by atoms with Crippen molar-refractivity contribution in [2.24, 2.45) is 0 Å². The normalized spacial score (nSPS) is 34.6. The predicted molar refractivity (Wildman–Crippen MR) is 42.2 cm³/mol. The first-order valence-corrected chi connectivity index (χ1v) is 3.98. The molecule has 3 heteroatoms. The van der Waals surface area contributed by atoms with Gasteiger partial charge in [-0.05, 0) is 20.8 Å². The van der Waals surface area contributed by atoms with Crippen LogP contribution >= 0.6 is 0 Å². The number of hydrogen-bond donors (Lipinski definition) is 1. The van der Waals surface area contributed by atoms with E-state index in [4.69, 9.17) is 5.11 Å². The Morgan fingerprint density at radius 1 is 1.36 bits per heavy atom. The van der Waals surface area contributed by atoms with Crippen LogP contribution in [0.5, 0.6) is 0 Å². The van der Waals surface area contributed by atoms with Gasteiger partial charge in [0.05, 0.1) is 6.10 Å². The van der Waals surface area contributed by atoms with Gasteiger partial charge < -0.3 is 5.11 Å². The van der Waals surface area contributed by atoms with Crippen molar-refractivity contribution in [1.82, 2.24) is 4.90 Å². The lowest BCUT2D eigenvalue weighted by Gasteiger charge is -2.30. The molecule has 1 rings (SSSR count). The van der Waals surface area contributed by atoms with E-state index in [1.165, 1.54) is 0 Å². The zero-order chi connectivity index (χ0) is 8.65. The molecule has 0 amide bonds. The van der Waals surface area contributed by atoms with Crippen LogP contribution in [0.2, 0.25) is 0 Å². The van der Waals surface area contributed by atoms with E-state index in [0.717, 1.165) is 0 Å². The summed E-state index contributed by atoms with van der Waals surface area (Å²) in [4.78, 5) is 1.96. The molecule has 0 unspecified atom stereocenters. The summed E-state index contributed by atoms with van der Waals surface area (Å²) in [6.07, 6.45) is -1.84. The highest BCUT2D eigenvalue weighted by Crippen LogP contribution is 2.22. The van der Waals surface area contributed by atoms with Crippen LogP contribution in [0.4, 0.5) is 4.39 Å². The van der Waals surface area contributed by atoms with Gasteiger partial charge in [0.2, 0.25) is 0 Å². The van der Waals surface area contributed by atoms with Gasteiger partial charge in [-0.3, -0.25) is 4.90 Å². The van der Waals surface area contributed by atoms with Gasteiger partial charge in [-0.2, -0.15) is 0 Å². The number of nitrogens with zero attached hydrogens (tertiary/aromatic N) is 1. The number of likely N-dealkylation sites (tertiary alicyclic amines) is 1. The molecule has 0 saturated carbocycles. The lowest BCUT2D eigenvalue weighted by Crippen LogP contribution is -2.40. The molecular formula is C8H16FNO. The molecule has 2 nitrogen and oxygen atoms in total. The zero-order valence-electron chi connectivity index (χ0n) is 7.34. The topological polar surface area (TPSA) is 23.5 Å². The average Bonchev–Trinajstić information content (AvgIpc) is 2.11. The van der Waals surface area contributed by atoms with Gasteiger partial charge in [0.25, 0.3) is 0 Å². The SMILES string of the molecule is CC(C)(C)N1C[C@@H](O)[C@@H](F)C1. The number of halogens is 1. The summed E-state index contributed by atoms with van der Waals surface area (Å²) in [5.41, 5.74) is -0.0260. The molecule has 0 aromatic carbocycles. The van der Waals surface area contributed by atoms with Crippen molar-refractivity contribution in [1.29, 1.82) is 0 Å². The number of alkyl halides is 1. The Hall–Kier alpha value is -0.150. The highest BCUT2D eigenvalue weighted by molar-refractivity contribution is 4.90. The number of rotatable bonds is 0. The second-order valence-electron chi connectivity index (χ2n) is 4.16. The summed E-state index contributed by atoms with van der Waals surface area (Å²) < 4.78 is 12.8. The molecule has 0 aromatic heterocycles. The monoisotopic (exact) mass is 161 g/mol. The lowest BCUT2D eigenvalue weighted by molar-refractivity contribution is 0.109. The van der Waals surface area contributed by atoms with E-state index in [-0.39, 0.29) is 5.54 Å². The van der Waals surface area contributed by atoms with Crippen molar-refractivity contribution >= 4 is 0 Å². The van der Waals surface area contributed by atoms with Gasteiger partial charge in [-0.1, -0.05) is 0 Å². The minimum Gasteiger partial charge on any atom is -0.389 e. The molecule has 1 aliphatic rings. The van der Waals surface area contributed by atoms with E-state index >= 15 is 0 Å². The predicted octanol–water partition coefficient (Wildman–Crippen LogP) is 0.800. The van der Waals surface area contributed by atoms with Crippen LogP contribution in [0.3, 0.4) is 0 Å². The maximum atomic E-state index is 12.8. The second kappa shape index (κ2) is 2.72. The zero-order valence-corrected chi connectivity index (χ0v) is 7.34. The van der Waals surface area contributed by atoms with E-state index in [9.17, 15) is 4.39 Å². The molecule has 1 saturated heterocycles. The molecule has 0 spiro atoms. The van der Waals surface area contributed by atoms with Crippen molar-refractivity contribution < 1.29 is 9.50 Å². The summed E-state index contributed by atoms with van der Waals surface area (Å²) >= 11 is 0. The number of aliphatic hydroxyl groups is 1. The van der Waals surface area contributed by atoms with Gasteiger partial charge in [-0.25, -0.2) is 4.39 Å². The van der Waals surface area contributed by atoms with E-state index in [0.29, 0.717) is 13.1 Å². The van der Waals surface area contributed by atoms with Crippen LogP contribution in [0.25, 0.3) is 0 Å². The van der Waals surface area contributed by atoms with Crippen LogP contribution in [0.15, 0.2) is 0 Å². The Kier molecular flexibility index (Phi) is 2.21. The summed E-state index contributed by atoms with van der Waals surface area (Å²) in [7, 11) is 0. The third-order valence-corrected chi connectivity index (χ3v) is 2.17. The minimum absolute atomic E-state index is 0.0260. The molecule has 1 heterocycles. The Morgan fingerprint density at radius 2 is 1.91 bits per heavy atom. The Balaban J connectivity index is 2.54.